The van der Waals surface area contributed by atoms with Gasteiger partial charge in [-0.3, -0.25) is 4.79 Å². The fourth-order valence-corrected chi connectivity index (χ4v) is 2.72. The van der Waals surface area contributed by atoms with E-state index in [4.69, 9.17) is 0 Å². The first-order chi connectivity index (χ1) is 13.1. The number of aromatic amines is 1. The Morgan fingerprint density at radius 3 is 2.30 bits per heavy atom. The summed E-state index contributed by atoms with van der Waals surface area (Å²) < 4.78 is 0. The highest BCUT2D eigenvalue weighted by molar-refractivity contribution is 5.97. The summed E-state index contributed by atoms with van der Waals surface area (Å²) in [5.41, 5.74) is 4.68. The monoisotopic (exact) mass is 363 g/mol. The minimum absolute atomic E-state index is 0.244. The Morgan fingerprint density at radius 1 is 1.00 bits per heavy atom. The molecule has 0 aliphatic carbocycles. The molecule has 140 valence electrons. The molecule has 0 fully saturated rings. The van der Waals surface area contributed by atoms with Gasteiger partial charge in [-0.25, -0.2) is 0 Å². The van der Waals surface area contributed by atoms with E-state index in [1.165, 1.54) is 11.1 Å². The van der Waals surface area contributed by atoms with Crippen molar-refractivity contribution in [2.75, 3.05) is 5.32 Å². The zero-order valence-corrected chi connectivity index (χ0v) is 15.9. The van der Waals surface area contributed by atoms with Gasteiger partial charge < -0.3 is 10.6 Å². The first-order valence-electron chi connectivity index (χ1n) is 9.20. The van der Waals surface area contributed by atoms with E-state index in [-0.39, 0.29) is 11.6 Å². The number of hydrogen-bond acceptors (Lipinski definition) is 4. The lowest BCUT2D eigenvalue weighted by molar-refractivity contribution is 0.0946. The van der Waals surface area contributed by atoms with Gasteiger partial charge in [-0.1, -0.05) is 57.2 Å². The maximum absolute atomic E-state index is 12.5. The van der Waals surface area contributed by atoms with Crippen molar-refractivity contribution in [2.45, 2.75) is 39.7 Å². The molecule has 0 aliphatic rings. The van der Waals surface area contributed by atoms with Crippen molar-refractivity contribution in [1.29, 1.82) is 0 Å². The van der Waals surface area contributed by atoms with Crippen LogP contribution in [0.2, 0.25) is 0 Å². The van der Waals surface area contributed by atoms with Gasteiger partial charge in [0.2, 0.25) is 0 Å². The van der Waals surface area contributed by atoms with Crippen molar-refractivity contribution >= 4 is 17.4 Å². The quantitative estimate of drug-likeness (QED) is 0.588. The average Bonchev–Trinajstić information content (AvgIpc) is 3.15. The van der Waals surface area contributed by atoms with Crippen LogP contribution in [0.15, 0.2) is 48.5 Å². The summed E-state index contributed by atoms with van der Waals surface area (Å²) in [7, 11) is 0. The van der Waals surface area contributed by atoms with Crippen LogP contribution in [0.3, 0.4) is 0 Å². The van der Waals surface area contributed by atoms with Crippen LogP contribution in [0.4, 0.5) is 11.5 Å². The molecule has 0 saturated heterocycles. The third-order valence-corrected chi connectivity index (χ3v) is 4.49. The van der Waals surface area contributed by atoms with Crippen molar-refractivity contribution in [2.24, 2.45) is 0 Å². The molecule has 3 rings (SSSR count). The van der Waals surface area contributed by atoms with Crippen molar-refractivity contribution in [3.8, 4) is 0 Å². The highest BCUT2D eigenvalue weighted by atomic mass is 16.2. The molecule has 6 nitrogen and oxygen atoms in total. The third-order valence-electron chi connectivity index (χ3n) is 4.49. The number of amides is 1. The largest absolute Gasteiger partial charge is 0.346 e. The maximum atomic E-state index is 12.5. The Morgan fingerprint density at radius 2 is 1.67 bits per heavy atom. The van der Waals surface area contributed by atoms with Gasteiger partial charge in [-0.15, -0.1) is 10.2 Å². The number of aromatic nitrogens is 3. The number of aryl methyl sites for hydroxylation is 1. The summed E-state index contributed by atoms with van der Waals surface area (Å²) in [6.07, 6.45) is 0.982. The van der Waals surface area contributed by atoms with Gasteiger partial charge >= 0.3 is 0 Å². The predicted octanol–water partition coefficient (Wildman–Crippen LogP) is 4.16. The number of carbonyl (C=O) groups is 1. The SMILES string of the molecule is CCc1ccc(Nc2n[nH]nc2C(=O)NCc2ccc(C(C)C)cc2)cc1. The molecule has 0 unspecified atom stereocenters. The Hall–Kier alpha value is -3.15. The fraction of sp³-hybridized carbons (Fsp3) is 0.286. The van der Waals surface area contributed by atoms with E-state index >= 15 is 0 Å². The van der Waals surface area contributed by atoms with Crippen LogP contribution in [0.5, 0.6) is 0 Å². The second-order valence-electron chi connectivity index (χ2n) is 6.78. The van der Waals surface area contributed by atoms with E-state index in [1.54, 1.807) is 0 Å². The molecule has 1 aromatic heterocycles. The highest BCUT2D eigenvalue weighted by Crippen LogP contribution is 2.18. The van der Waals surface area contributed by atoms with E-state index < -0.39 is 0 Å². The second-order valence-corrected chi connectivity index (χ2v) is 6.78. The zero-order chi connectivity index (χ0) is 19.2. The predicted molar refractivity (Wildman–Crippen MR) is 107 cm³/mol. The average molecular weight is 363 g/mol. The molecule has 0 aliphatic heterocycles. The molecular formula is C21H25N5O. The Balaban J connectivity index is 1.62. The molecule has 3 N–H and O–H groups in total. The molecule has 0 spiro atoms. The molecular weight excluding hydrogens is 338 g/mol. The molecule has 6 heteroatoms. The number of H-pyrrole nitrogens is 1. The topological polar surface area (TPSA) is 82.7 Å². The lowest BCUT2D eigenvalue weighted by Gasteiger charge is -2.09. The lowest BCUT2D eigenvalue weighted by Crippen LogP contribution is -2.24. The normalized spacial score (nSPS) is 10.8. The van der Waals surface area contributed by atoms with Gasteiger partial charge in [-0.05, 0) is 41.2 Å². The molecule has 2 aromatic carbocycles. The van der Waals surface area contributed by atoms with Crippen molar-refractivity contribution in [1.82, 2.24) is 20.7 Å². The summed E-state index contributed by atoms with van der Waals surface area (Å²) >= 11 is 0. The molecule has 1 amide bonds. The molecule has 0 atom stereocenters. The third kappa shape index (κ3) is 4.73. The number of nitrogens with one attached hydrogen (secondary N) is 3. The first kappa shape index (κ1) is 18.6. The van der Waals surface area contributed by atoms with Crippen LogP contribution in [-0.2, 0) is 13.0 Å². The van der Waals surface area contributed by atoms with E-state index in [9.17, 15) is 4.79 Å². The molecule has 27 heavy (non-hydrogen) atoms. The van der Waals surface area contributed by atoms with Gasteiger partial charge in [0.15, 0.2) is 11.5 Å². The van der Waals surface area contributed by atoms with Crippen molar-refractivity contribution < 1.29 is 4.79 Å². The molecule has 0 bridgehead atoms. The molecule has 1 heterocycles. The maximum Gasteiger partial charge on any atom is 0.275 e. The van der Waals surface area contributed by atoms with E-state index in [1.807, 2.05) is 36.4 Å². The Bertz CT molecular complexity index is 882. The zero-order valence-electron chi connectivity index (χ0n) is 15.9. The lowest BCUT2D eigenvalue weighted by atomic mass is 10.0. The summed E-state index contributed by atoms with van der Waals surface area (Å²) in [4.78, 5) is 12.5. The first-order valence-corrected chi connectivity index (χ1v) is 9.20. The van der Waals surface area contributed by atoms with Crippen LogP contribution in [0, 0.1) is 0 Å². The van der Waals surface area contributed by atoms with E-state index in [0.717, 1.165) is 17.7 Å². The van der Waals surface area contributed by atoms with Crippen LogP contribution in [0.25, 0.3) is 0 Å². The van der Waals surface area contributed by atoms with Gasteiger partial charge in [0.05, 0.1) is 0 Å². The fourth-order valence-electron chi connectivity index (χ4n) is 2.72. The van der Waals surface area contributed by atoms with E-state index in [0.29, 0.717) is 18.3 Å². The molecule has 0 saturated carbocycles. The van der Waals surface area contributed by atoms with Crippen LogP contribution in [-0.4, -0.2) is 21.3 Å². The molecule has 3 aromatic rings. The Labute approximate surface area is 159 Å². The minimum atomic E-state index is -0.274. The summed E-state index contributed by atoms with van der Waals surface area (Å²) in [6, 6.07) is 16.3. The summed E-state index contributed by atoms with van der Waals surface area (Å²) in [6.45, 7) is 6.87. The van der Waals surface area contributed by atoms with Crippen molar-refractivity contribution in [3.63, 3.8) is 0 Å². The van der Waals surface area contributed by atoms with E-state index in [2.05, 4.69) is 58.9 Å². The van der Waals surface area contributed by atoms with Crippen molar-refractivity contribution in [3.05, 3.63) is 70.9 Å². The molecule has 0 radical (unpaired) electrons. The van der Waals surface area contributed by atoms with Crippen LogP contribution in [0.1, 0.15) is 53.9 Å². The van der Waals surface area contributed by atoms with Gasteiger partial charge in [0.25, 0.3) is 5.91 Å². The highest BCUT2D eigenvalue weighted by Gasteiger charge is 2.16. The Kier molecular flexibility index (Phi) is 5.86. The second kappa shape index (κ2) is 8.49. The number of anilines is 2. The summed E-state index contributed by atoms with van der Waals surface area (Å²) in [5, 5.41) is 16.6. The number of hydrogen-bond donors (Lipinski definition) is 3. The van der Waals surface area contributed by atoms with Gasteiger partial charge in [0, 0.05) is 12.2 Å². The standard InChI is InChI=1S/C21H25N5O/c1-4-15-7-11-18(12-8-15)23-20-19(24-26-25-20)21(27)22-13-16-5-9-17(10-6-16)14(2)3/h5-12,14H,4,13H2,1-3H3,(H,22,27)(H2,23,24,25,26). The minimum Gasteiger partial charge on any atom is -0.346 e. The summed E-state index contributed by atoms with van der Waals surface area (Å²) in [5.74, 6) is 0.625. The number of rotatable bonds is 7. The van der Waals surface area contributed by atoms with Crippen LogP contribution >= 0.6 is 0 Å². The number of nitrogens with zero attached hydrogens (tertiary/aromatic N) is 2. The number of benzene rings is 2. The van der Waals surface area contributed by atoms with Gasteiger partial charge in [-0.2, -0.15) is 5.21 Å². The number of carbonyl (C=O) groups excluding carboxylic acids is 1. The smallest absolute Gasteiger partial charge is 0.275 e. The van der Waals surface area contributed by atoms with Gasteiger partial charge in [0.1, 0.15) is 0 Å². The van der Waals surface area contributed by atoms with Crippen LogP contribution < -0.4 is 10.6 Å².